The van der Waals surface area contributed by atoms with Crippen molar-refractivity contribution in [1.82, 2.24) is 4.98 Å². The van der Waals surface area contributed by atoms with Crippen LogP contribution in [-0.2, 0) is 6.42 Å². The second-order valence-electron chi connectivity index (χ2n) is 5.08. The van der Waals surface area contributed by atoms with Gasteiger partial charge in [-0.05, 0) is 41.4 Å². The minimum absolute atomic E-state index is 0.457. The van der Waals surface area contributed by atoms with Gasteiger partial charge in [0.15, 0.2) is 14.1 Å². The predicted octanol–water partition coefficient (Wildman–Crippen LogP) is 1.80. The van der Waals surface area contributed by atoms with Gasteiger partial charge in [0.1, 0.15) is 0 Å². The maximum absolute atomic E-state index is 11.1. The van der Waals surface area contributed by atoms with Crippen LogP contribution in [0.3, 0.4) is 0 Å². The quantitative estimate of drug-likeness (QED) is 0.594. The minimum Gasteiger partial charge on any atom is -0.365 e. The third-order valence-corrected chi connectivity index (χ3v) is 3.23. The zero-order chi connectivity index (χ0) is 12.3. The van der Waals surface area contributed by atoms with E-state index in [2.05, 4.69) is 40.5 Å². The highest BCUT2D eigenvalue weighted by molar-refractivity contribution is 6.32. The van der Waals surface area contributed by atoms with E-state index >= 15 is 0 Å². The third kappa shape index (κ3) is 2.57. The Morgan fingerprint density at radius 2 is 2.00 bits per heavy atom. The summed E-state index contributed by atoms with van der Waals surface area (Å²) >= 11 is 0. The van der Waals surface area contributed by atoms with Gasteiger partial charge in [-0.15, -0.1) is 0 Å². The van der Waals surface area contributed by atoms with Crippen LogP contribution in [-0.4, -0.2) is 19.1 Å². The Balaban J connectivity index is 3.22. The number of hydrogen-bond donors (Lipinski definition) is 1. The summed E-state index contributed by atoms with van der Waals surface area (Å²) in [6.45, 7) is 8.79. The molecule has 0 radical (unpaired) electrons. The van der Waals surface area contributed by atoms with Crippen LogP contribution >= 0.6 is 0 Å². The molecule has 0 amide bonds. The average Bonchev–Trinajstić information content (AvgIpc) is 2.54. The average molecular weight is 219 g/mol. The summed E-state index contributed by atoms with van der Waals surface area (Å²) in [5, 5.41) is 0. The molecule has 1 aromatic rings. The van der Waals surface area contributed by atoms with Crippen molar-refractivity contribution in [2.75, 3.05) is 0 Å². The van der Waals surface area contributed by atoms with Crippen LogP contribution in [0.5, 0.6) is 0 Å². The van der Waals surface area contributed by atoms with Crippen LogP contribution in [0.4, 0.5) is 0 Å². The van der Waals surface area contributed by atoms with Gasteiger partial charge in [0.2, 0.25) is 0 Å². The molecule has 1 rings (SSSR count). The summed E-state index contributed by atoms with van der Waals surface area (Å²) in [4.78, 5) is 14.3. The molecule has 16 heavy (non-hydrogen) atoms. The Kier molecular flexibility index (Phi) is 4.39. The van der Waals surface area contributed by atoms with Gasteiger partial charge in [-0.25, -0.2) is 0 Å². The number of rotatable bonds is 5. The van der Waals surface area contributed by atoms with Crippen LogP contribution in [0.25, 0.3) is 0 Å². The molecule has 1 N–H and O–H groups in total. The molecule has 0 aromatic carbocycles. The smallest absolute Gasteiger partial charge is 0.166 e. The van der Waals surface area contributed by atoms with Gasteiger partial charge < -0.3 is 4.98 Å². The van der Waals surface area contributed by atoms with Gasteiger partial charge in [-0.2, -0.15) is 0 Å². The first-order valence-corrected chi connectivity index (χ1v) is 6.17. The van der Waals surface area contributed by atoms with E-state index in [-0.39, 0.29) is 0 Å². The van der Waals surface area contributed by atoms with Crippen LogP contribution in [0.1, 0.15) is 61.6 Å². The molecule has 0 aliphatic rings. The van der Waals surface area contributed by atoms with Crippen LogP contribution in [0, 0.1) is 5.92 Å². The standard InChI is InChI=1S/C13H22BNO/c1-5-9(4)12-10(6-8(2)3)13(14)15-11(12)7-16/h7-9,15H,5-6,14H2,1-4H3. The maximum atomic E-state index is 11.1. The topological polar surface area (TPSA) is 32.9 Å². The van der Waals surface area contributed by atoms with E-state index in [0.717, 1.165) is 30.4 Å². The third-order valence-electron chi connectivity index (χ3n) is 3.23. The highest BCUT2D eigenvalue weighted by Gasteiger charge is 2.19. The summed E-state index contributed by atoms with van der Waals surface area (Å²) in [6, 6.07) is 0. The van der Waals surface area contributed by atoms with E-state index < -0.39 is 0 Å². The lowest BCUT2D eigenvalue weighted by molar-refractivity contribution is 0.111. The Hall–Kier alpha value is -0.985. The molecular weight excluding hydrogens is 197 g/mol. The lowest BCUT2D eigenvalue weighted by Crippen LogP contribution is -2.13. The lowest BCUT2D eigenvalue weighted by Gasteiger charge is -2.13. The number of aromatic nitrogens is 1. The first kappa shape index (κ1) is 13.1. The van der Waals surface area contributed by atoms with E-state index in [0.29, 0.717) is 11.8 Å². The number of nitrogens with one attached hydrogen (secondary N) is 1. The van der Waals surface area contributed by atoms with E-state index in [1.54, 1.807) is 0 Å². The fourth-order valence-electron chi connectivity index (χ4n) is 2.24. The molecule has 88 valence electrons. The van der Waals surface area contributed by atoms with Gasteiger partial charge in [0.05, 0.1) is 5.69 Å². The Labute approximate surface area is 99.2 Å². The van der Waals surface area contributed by atoms with Crippen LogP contribution < -0.4 is 5.59 Å². The van der Waals surface area contributed by atoms with Gasteiger partial charge in [-0.3, -0.25) is 4.79 Å². The first-order chi connectivity index (χ1) is 7.51. The van der Waals surface area contributed by atoms with Gasteiger partial charge in [-0.1, -0.05) is 27.7 Å². The molecule has 1 unspecified atom stereocenters. The minimum atomic E-state index is 0.457. The fraction of sp³-hybridized carbons (Fsp3) is 0.615. The summed E-state index contributed by atoms with van der Waals surface area (Å²) in [7, 11) is 2.07. The molecule has 1 aromatic heterocycles. The number of hydrogen-bond acceptors (Lipinski definition) is 1. The van der Waals surface area contributed by atoms with E-state index in [1.165, 1.54) is 11.1 Å². The SMILES string of the molecule is Bc1[nH]c(C=O)c(C(C)CC)c1CC(C)C. The summed E-state index contributed by atoms with van der Waals surface area (Å²) in [6.07, 6.45) is 3.08. The summed E-state index contributed by atoms with van der Waals surface area (Å²) in [5.74, 6) is 1.08. The first-order valence-electron chi connectivity index (χ1n) is 6.17. The Morgan fingerprint density at radius 3 is 2.44 bits per heavy atom. The second kappa shape index (κ2) is 5.38. The van der Waals surface area contributed by atoms with Crippen LogP contribution in [0.2, 0.25) is 0 Å². The molecule has 0 saturated carbocycles. The number of H-pyrrole nitrogens is 1. The summed E-state index contributed by atoms with van der Waals surface area (Å²) in [5.41, 5.74) is 4.53. The van der Waals surface area contributed by atoms with E-state index in [9.17, 15) is 4.79 Å². The van der Waals surface area contributed by atoms with Crippen molar-refractivity contribution < 1.29 is 4.79 Å². The normalized spacial score (nSPS) is 13.1. The molecule has 0 aliphatic heterocycles. The molecule has 0 spiro atoms. The van der Waals surface area contributed by atoms with Crippen molar-refractivity contribution in [1.29, 1.82) is 0 Å². The Bertz CT molecular complexity index is 368. The van der Waals surface area contributed by atoms with Crippen molar-refractivity contribution >= 4 is 19.7 Å². The van der Waals surface area contributed by atoms with Gasteiger partial charge >= 0.3 is 0 Å². The van der Waals surface area contributed by atoms with E-state index in [1.807, 2.05) is 0 Å². The molecule has 0 saturated heterocycles. The second-order valence-corrected chi connectivity index (χ2v) is 5.08. The molecule has 0 bridgehead atoms. The van der Waals surface area contributed by atoms with E-state index in [4.69, 9.17) is 0 Å². The van der Waals surface area contributed by atoms with Crippen LogP contribution in [0.15, 0.2) is 0 Å². The molecular formula is C13H22BNO. The molecule has 0 fully saturated rings. The molecule has 1 atom stereocenters. The van der Waals surface area contributed by atoms with Crippen molar-refractivity contribution in [3.8, 4) is 0 Å². The highest BCUT2D eigenvalue weighted by Crippen LogP contribution is 2.26. The number of aldehydes is 1. The number of carbonyl (C=O) groups excluding carboxylic acids is 1. The van der Waals surface area contributed by atoms with Crippen molar-refractivity contribution in [2.24, 2.45) is 5.92 Å². The highest BCUT2D eigenvalue weighted by atomic mass is 16.1. The number of carbonyl (C=O) groups is 1. The zero-order valence-electron chi connectivity index (χ0n) is 11.1. The molecule has 2 nitrogen and oxygen atoms in total. The largest absolute Gasteiger partial charge is 0.365 e. The maximum Gasteiger partial charge on any atom is 0.166 e. The molecule has 1 heterocycles. The fourth-order valence-corrected chi connectivity index (χ4v) is 2.24. The Morgan fingerprint density at radius 1 is 1.38 bits per heavy atom. The predicted molar refractivity (Wildman–Crippen MR) is 71.6 cm³/mol. The van der Waals surface area contributed by atoms with Gasteiger partial charge in [0, 0.05) is 0 Å². The zero-order valence-corrected chi connectivity index (χ0v) is 11.1. The number of aromatic amines is 1. The van der Waals surface area contributed by atoms with Gasteiger partial charge in [0.25, 0.3) is 0 Å². The molecule has 0 aliphatic carbocycles. The monoisotopic (exact) mass is 219 g/mol. The lowest BCUT2D eigenvalue weighted by atomic mass is 9.86. The summed E-state index contributed by atoms with van der Waals surface area (Å²) < 4.78 is 0. The van der Waals surface area contributed by atoms with Crippen molar-refractivity contribution in [2.45, 2.75) is 46.5 Å². The van der Waals surface area contributed by atoms with Crippen molar-refractivity contribution in [3.63, 3.8) is 0 Å². The van der Waals surface area contributed by atoms with Crippen molar-refractivity contribution in [3.05, 3.63) is 16.8 Å². The molecule has 3 heteroatoms.